The van der Waals surface area contributed by atoms with Crippen LogP contribution in [0.25, 0.3) is 6.08 Å². The summed E-state index contributed by atoms with van der Waals surface area (Å²) in [5, 5.41) is 21.7. The molecule has 0 amide bonds. The molecule has 36 heavy (non-hydrogen) atoms. The van der Waals surface area contributed by atoms with Crippen molar-refractivity contribution in [1.29, 1.82) is 0 Å². The Labute approximate surface area is 213 Å². The second-order valence-electron chi connectivity index (χ2n) is 11.3. The fourth-order valence-electron chi connectivity index (χ4n) is 5.11. The topological polar surface area (TPSA) is 148 Å². The van der Waals surface area contributed by atoms with Crippen LogP contribution in [-0.4, -0.2) is 57.0 Å². The molecule has 9 nitrogen and oxygen atoms in total. The molecule has 0 bridgehead atoms. The lowest BCUT2D eigenvalue weighted by Gasteiger charge is -2.34. The fraction of sp³-hybridized carbons (Fsp3) is 0.741. The smallest absolute Gasteiger partial charge is 0.309 e. The van der Waals surface area contributed by atoms with Gasteiger partial charge in [-0.2, -0.15) is 0 Å². The summed E-state index contributed by atoms with van der Waals surface area (Å²) in [5.74, 6) is -1.24. The van der Waals surface area contributed by atoms with Crippen molar-refractivity contribution >= 4 is 17.8 Å². The molecule has 0 aliphatic carbocycles. The maximum absolute atomic E-state index is 13.2. The Kier molecular flexibility index (Phi) is 8.81. The van der Waals surface area contributed by atoms with E-state index in [1.165, 1.54) is 6.26 Å². The van der Waals surface area contributed by atoms with E-state index in [2.05, 4.69) is 4.98 Å². The van der Waals surface area contributed by atoms with Gasteiger partial charge in [0.2, 0.25) is 5.89 Å². The lowest BCUT2D eigenvalue weighted by Crippen LogP contribution is -2.45. The SMILES string of the molecule is CC(=Cc1coc(CN)n1)[C@@H]1C[C@@H]2OC2(C)CCCC(C)[C@H](O)[C@@H](C)C(=O)C(C)(C)[C@@H](O)CC(=O)O1. The standard InChI is InChI=1S/C27H42N2O7/c1-15-8-7-9-27(6)21(36-27)11-19(16(2)10-18-14-34-22(13-28)29-18)35-23(31)12-20(30)26(4,5)25(33)17(3)24(15)32/h10,14-15,17,19-21,24,30,32H,7-9,11-13,28H2,1-6H3/t15?,17-,19+,20+,21+,24+,27?/m1/s1. The predicted octanol–water partition coefficient (Wildman–Crippen LogP) is 3.16. The molecule has 2 saturated heterocycles. The molecule has 1 aromatic heterocycles. The van der Waals surface area contributed by atoms with E-state index < -0.39 is 35.6 Å². The third-order valence-electron chi connectivity index (χ3n) is 8.03. The third-order valence-corrected chi connectivity index (χ3v) is 8.03. The molecule has 0 saturated carbocycles. The first-order chi connectivity index (χ1) is 16.8. The van der Waals surface area contributed by atoms with Crippen LogP contribution in [0.15, 0.2) is 16.3 Å². The van der Waals surface area contributed by atoms with E-state index in [0.29, 0.717) is 18.0 Å². The van der Waals surface area contributed by atoms with Gasteiger partial charge in [-0.15, -0.1) is 0 Å². The summed E-state index contributed by atoms with van der Waals surface area (Å²) in [6.07, 6.45) is 3.00. The van der Waals surface area contributed by atoms with E-state index in [-0.39, 0.29) is 36.4 Å². The zero-order chi connectivity index (χ0) is 26.8. The van der Waals surface area contributed by atoms with E-state index in [9.17, 15) is 19.8 Å². The number of carbonyl (C=O) groups is 2. The monoisotopic (exact) mass is 506 g/mol. The molecule has 9 heteroatoms. The van der Waals surface area contributed by atoms with Gasteiger partial charge in [0, 0.05) is 12.3 Å². The number of oxazole rings is 1. The van der Waals surface area contributed by atoms with Crippen molar-refractivity contribution in [3.8, 4) is 0 Å². The van der Waals surface area contributed by atoms with Gasteiger partial charge in [0.25, 0.3) is 0 Å². The Bertz CT molecular complexity index is 971. The Morgan fingerprint density at radius 1 is 1.25 bits per heavy atom. The van der Waals surface area contributed by atoms with Crippen molar-refractivity contribution in [2.45, 2.75) is 110 Å². The van der Waals surface area contributed by atoms with E-state index in [1.807, 2.05) is 20.8 Å². The fourth-order valence-corrected chi connectivity index (χ4v) is 5.11. The Morgan fingerprint density at radius 3 is 2.58 bits per heavy atom. The lowest BCUT2D eigenvalue weighted by molar-refractivity contribution is -0.154. The molecule has 7 atom stereocenters. The first-order valence-corrected chi connectivity index (χ1v) is 12.9. The number of esters is 1. The highest BCUT2D eigenvalue weighted by Gasteiger charge is 2.53. The molecule has 2 unspecified atom stereocenters. The van der Waals surface area contributed by atoms with E-state index >= 15 is 0 Å². The van der Waals surface area contributed by atoms with Crippen LogP contribution in [0.3, 0.4) is 0 Å². The summed E-state index contributed by atoms with van der Waals surface area (Å²) in [7, 11) is 0. The average Bonchev–Trinajstić information content (AvgIpc) is 3.23. The van der Waals surface area contributed by atoms with Crippen LogP contribution in [-0.2, 0) is 25.6 Å². The number of hydrogen-bond acceptors (Lipinski definition) is 9. The number of ketones is 1. The highest BCUT2D eigenvalue weighted by Crippen LogP contribution is 2.45. The van der Waals surface area contributed by atoms with Crippen molar-refractivity contribution < 1.29 is 33.7 Å². The number of aromatic nitrogens is 1. The molecule has 1 aromatic rings. The number of epoxide rings is 1. The quantitative estimate of drug-likeness (QED) is 0.415. The van der Waals surface area contributed by atoms with Crippen molar-refractivity contribution in [2.75, 3.05) is 0 Å². The number of ether oxygens (including phenoxy) is 2. The summed E-state index contributed by atoms with van der Waals surface area (Å²) >= 11 is 0. The first kappa shape index (κ1) is 28.5. The number of aliphatic hydroxyl groups excluding tert-OH is 2. The summed E-state index contributed by atoms with van der Waals surface area (Å²) in [4.78, 5) is 30.4. The van der Waals surface area contributed by atoms with Crippen molar-refractivity contribution in [1.82, 2.24) is 4.98 Å². The van der Waals surface area contributed by atoms with E-state index in [0.717, 1.165) is 24.8 Å². The number of carbonyl (C=O) groups excluding carboxylic acids is 2. The van der Waals surface area contributed by atoms with Crippen molar-refractivity contribution in [3.05, 3.63) is 23.4 Å². The second-order valence-corrected chi connectivity index (χ2v) is 11.3. The molecule has 2 fully saturated rings. The number of Topliss-reactive ketones (excluding diaryl/α,β-unsaturated/α-hetero) is 1. The molecular formula is C27H42N2O7. The summed E-state index contributed by atoms with van der Waals surface area (Å²) in [6.45, 7) is 10.9. The second kappa shape index (κ2) is 11.1. The van der Waals surface area contributed by atoms with Crippen LogP contribution in [0, 0.1) is 17.3 Å². The van der Waals surface area contributed by atoms with E-state index in [4.69, 9.17) is 19.6 Å². The number of fused-ring (bicyclic) bond motifs is 1. The van der Waals surface area contributed by atoms with Crippen LogP contribution in [0.1, 0.15) is 85.2 Å². The number of cyclic esters (lactones) is 1. The zero-order valence-electron chi connectivity index (χ0n) is 22.3. The molecule has 3 heterocycles. The largest absolute Gasteiger partial charge is 0.458 e. The van der Waals surface area contributed by atoms with Crippen molar-refractivity contribution in [3.63, 3.8) is 0 Å². The normalized spacial score (nSPS) is 36.8. The molecule has 2 aliphatic rings. The number of nitrogens with two attached hydrogens (primary N) is 1. The number of nitrogens with zero attached hydrogens (tertiary/aromatic N) is 1. The Balaban J connectivity index is 1.85. The van der Waals surface area contributed by atoms with Crippen LogP contribution in [0.4, 0.5) is 0 Å². The van der Waals surface area contributed by atoms with Gasteiger partial charge in [-0.25, -0.2) is 4.98 Å². The highest BCUT2D eigenvalue weighted by molar-refractivity contribution is 5.88. The molecule has 202 valence electrons. The summed E-state index contributed by atoms with van der Waals surface area (Å²) < 4.78 is 17.2. The third kappa shape index (κ3) is 6.43. The molecule has 3 rings (SSSR count). The number of hydrogen-bond donors (Lipinski definition) is 3. The maximum Gasteiger partial charge on any atom is 0.309 e. The lowest BCUT2D eigenvalue weighted by atomic mass is 9.73. The molecule has 0 spiro atoms. The van der Waals surface area contributed by atoms with Gasteiger partial charge in [0.1, 0.15) is 23.8 Å². The molecular weight excluding hydrogens is 464 g/mol. The highest BCUT2D eigenvalue weighted by atomic mass is 16.6. The molecule has 0 radical (unpaired) electrons. The molecule has 4 N–H and O–H groups in total. The van der Waals surface area contributed by atoms with Crippen LogP contribution in [0.2, 0.25) is 0 Å². The van der Waals surface area contributed by atoms with Gasteiger partial charge in [0.15, 0.2) is 0 Å². The van der Waals surface area contributed by atoms with Crippen LogP contribution >= 0.6 is 0 Å². The van der Waals surface area contributed by atoms with E-state index in [1.54, 1.807) is 26.8 Å². The minimum atomic E-state index is -1.26. The molecule has 0 aromatic carbocycles. The summed E-state index contributed by atoms with van der Waals surface area (Å²) in [5.41, 5.74) is 5.35. The average molecular weight is 507 g/mol. The van der Waals surface area contributed by atoms with Gasteiger partial charge in [-0.05, 0) is 44.3 Å². The maximum atomic E-state index is 13.2. The van der Waals surface area contributed by atoms with Gasteiger partial charge in [-0.1, -0.05) is 34.1 Å². The molecule has 2 aliphatic heterocycles. The van der Waals surface area contributed by atoms with Gasteiger partial charge in [-0.3, -0.25) is 9.59 Å². The minimum absolute atomic E-state index is 0.0886. The Morgan fingerprint density at radius 2 is 1.94 bits per heavy atom. The predicted molar refractivity (Wildman–Crippen MR) is 133 cm³/mol. The zero-order valence-corrected chi connectivity index (χ0v) is 22.3. The van der Waals surface area contributed by atoms with Crippen molar-refractivity contribution in [2.24, 2.45) is 23.0 Å². The van der Waals surface area contributed by atoms with Gasteiger partial charge < -0.3 is 29.8 Å². The summed E-state index contributed by atoms with van der Waals surface area (Å²) in [6, 6.07) is 0. The Hall–Kier alpha value is -2.07. The van der Waals surface area contributed by atoms with Crippen LogP contribution < -0.4 is 5.73 Å². The number of aliphatic hydroxyl groups is 2. The number of rotatable bonds is 3. The van der Waals surface area contributed by atoms with Gasteiger partial charge >= 0.3 is 5.97 Å². The van der Waals surface area contributed by atoms with Gasteiger partial charge in [0.05, 0.1) is 42.3 Å². The minimum Gasteiger partial charge on any atom is -0.458 e. The van der Waals surface area contributed by atoms with Crippen LogP contribution in [0.5, 0.6) is 0 Å². The first-order valence-electron chi connectivity index (χ1n) is 12.9.